The van der Waals surface area contributed by atoms with Crippen molar-refractivity contribution in [3.8, 4) is 0 Å². The van der Waals surface area contributed by atoms with Gasteiger partial charge in [0.15, 0.2) is 0 Å². The van der Waals surface area contributed by atoms with Gasteiger partial charge in [0, 0.05) is 19.5 Å². The van der Waals surface area contributed by atoms with Crippen molar-refractivity contribution in [2.45, 2.75) is 45.6 Å². The molecule has 1 amide bonds. The summed E-state index contributed by atoms with van der Waals surface area (Å²) in [6, 6.07) is 0. The zero-order valence-electron chi connectivity index (χ0n) is 10.1. The van der Waals surface area contributed by atoms with Crippen LogP contribution in [0.3, 0.4) is 0 Å². The maximum Gasteiger partial charge on any atom is 0.221 e. The van der Waals surface area contributed by atoms with Gasteiger partial charge in [0.25, 0.3) is 0 Å². The van der Waals surface area contributed by atoms with E-state index in [9.17, 15) is 9.90 Å². The summed E-state index contributed by atoms with van der Waals surface area (Å²) in [7, 11) is 0. The number of carbonyl (C=O) groups excluding carboxylic acids is 1. The van der Waals surface area contributed by atoms with Crippen molar-refractivity contribution in [3.05, 3.63) is 0 Å². The minimum atomic E-state index is -0.742. The Labute approximate surface area is 92.4 Å². The second kappa shape index (κ2) is 7.65. The van der Waals surface area contributed by atoms with Crippen molar-refractivity contribution < 1.29 is 9.90 Å². The Kier molecular flexibility index (Phi) is 7.34. The van der Waals surface area contributed by atoms with Crippen LogP contribution in [0.2, 0.25) is 0 Å². The van der Waals surface area contributed by atoms with Gasteiger partial charge in [-0.3, -0.25) is 4.79 Å². The highest BCUT2D eigenvalue weighted by Crippen LogP contribution is 2.12. The highest BCUT2D eigenvalue weighted by Gasteiger charge is 2.22. The summed E-state index contributed by atoms with van der Waals surface area (Å²) < 4.78 is 0. The van der Waals surface area contributed by atoms with E-state index < -0.39 is 5.60 Å². The molecule has 0 aromatic carbocycles. The molecule has 0 aliphatic heterocycles. The smallest absolute Gasteiger partial charge is 0.221 e. The van der Waals surface area contributed by atoms with Crippen molar-refractivity contribution in [2.24, 2.45) is 0 Å². The lowest BCUT2D eigenvalue weighted by atomic mass is 9.97. The van der Waals surface area contributed by atoms with Crippen LogP contribution in [0.5, 0.6) is 0 Å². The molecule has 0 aliphatic carbocycles. The molecule has 0 radical (unpaired) electrons. The molecule has 0 unspecified atom stereocenters. The predicted molar refractivity (Wildman–Crippen MR) is 61.7 cm³/mol. The highest BCUT2D eigenvalue weighted by atomic mass is 16.3. The molecule has 4 heteroatoms. The molecular formula is C11H24N2O2. The summed E-state index contributed by atoms with van der Waals surface area (Å²) in [6.07, 6.45) is 1.80. The first kappa shape index (κ1) is 14.4. The molecule has 4 nitrogen and oxygen atoms in total. The van der Waals surface area contributed by atoms with Crippen LogP contribution in [0.1, 0.15) is 40.0 Å². The molecular weight excluding hydrogens is 192 g/mol. The maximum absolute atomic E-state index is 11.3. The van der Waals surface area contributed by atoms with E-state index in [2.05, 4.69) is 10.6 Å². The van der Waals surface area contributed by atoms with Crippen LogP contribution in [-0.2, 0) is 4.79 Å². The zero-order chi connectivity index (χ0) is 11.7. The molecule has 0 rings (SSSR count). The van der Waals surface area contributed by atoms with Gasteiger partial charge in [0.2, 0.25) is 5.91 Å². The van der Waals surface area contributed by atoms with Gasteiger partial charge < -0.3 is 15.7 Å². The molecule has 3 N–H and O–H groups in total. The second-order valence-corrected chi connectivity index (χ2v) is 3.81. The van der Waals surface area contributed by atoms with Crippen LogP contribution in [0, 0.1) is 0 Å². The van der Waals surface area contributed by atoms with Crippen molar-refractivity contribution in [3.63, 3.8) is 0 Å². The Morgan fingerprint density at radius 1 is 1.27 bits per heavy atom. The monoisotopic (exact) mass is 216 g/mol. The normalized spacial score (nSPS) is 11.5. The Morgan fingerprint density at radius 2 is 1.87 bits per heavy atom. The van der Waals surface area contributed by atoms with Gasteiger partial charge in [0.05, 0.1) is 5.60 Å². The lowest BCUT2D eigenvalue weighted by Crippen LogP contribution is -2.42. The minimum absolute atomic E-state index is 0.00345. The Hall–Kier alpha value is -0.610. The number of aliphatic hydroxyl groups is 1. The molecule has 15 heavy (non-hydrogen) atoms. The first-order valence-corrected chi connectivity index (χ1v) is 5.77. The van der Waals surface area contributed by atoms with Gasteiger partial charge in [-0.05, 0) is 19.4 Å². The third-order valence-corrected chi connectivity index (χ3v) is 2.71. The summed E-state index contributed by atoms with van der Waals surface area (Å²) in [5.74, 6) is -0.00345. The number of amides is 1. The summed E-state index contributed by atoms with van der Waals surface area (Å²) in [5, 5.41) is 15.8. The Bertz CT molecular complexity index is 179. The van der Waals surface area contributed by atoms with Crippen molar-refractivity contribution >= 4 is 5.91 Å². The van der Waals surface area contributed by atoms with Crippen molar-refractivity contribution in [2.75, 3.05) is 19.6 Å². The van der Waals surface area contributed by atoms with E-state index in [-0.39, 0.29) is 5.91 Å². The fourth-order valence-electron chi connectivity index (χ4n) is 1.23. The van der Waals surface area contributed by atoms with E-state index in [1.165, 1.54) is 0 Å². The first-order valence-electron chi connectivity index (χ1n) is 5.77. The molecule has 90 valence electrons. The molecule has 0 heterocycles. The second-order valence-electron chi connectivity index (χ2n) is 3.81. The van der Waals surface area contributed by atoms with Crippen LogP contribution in [-0.4, -0.2) is 36.2 Å². The SMILES string of the molecule is CCNCCC(=O)NCC(O)(CC)CC. The van der Waals surface area contributed by atoms with E-state index in [4.69, 9.17) is 0 Å². The number of rotatable bonds is 8. The maximum atomic E-state index is 11.3. The van der Waals surface area contributed by atoms with Crippen LogP contribution >= 0.6 is 0 Å². The number of carbonyl (C=O) groups is 1. The van der Waals surface area contributed by atoms with Gasteiger partial charge >= 0.3 is 0 Å². The lowest BCUT2D eigenvalue weighted by Gasteiger charge is -2.25. The van der Waals surface area contributed by atoms with E-state index in [0.29, 0.717) is 32.4 Å². The molecule has 0 fully saturated rings. The average molecular weight is 216 g/mol. The highest BCUT2D eigenvalue weighted by molar-refractivity contribution is 5.76. The molecule has 0 bridgehead atoms. The predicted octanol–water partition coefficient (Wildman–Crippen LogP) is 0.653. The van der Waals surface area contributed by atoms with Crippen LogP contribution in [0.15, 0.2) is 0 Å². The summed E-state index contributed by atoms with van der Waals surface area (Å²) in [5.41, 5.74) is -0.742. The van der Waals surface area contributed by atoms with Gasteiger partial charge in [-0.1, -0.05) is 20.8 Å². The van der Waals surface area contributed by atoms with Gasteiger partial charge in [-0.25, -0.2) is 0 Å². The molecule has 0 spiro atoms. The third kappa shape index (κ3) is 6.47. The topological polar surface area (TPSA) is 61.4 Å². The largest absolute Gasteiger partial charge is 0.388 e. The summed E-state index contributed by atoms with van der Waals surface area (Å²) in [4.78, 5) is 11.3. The summed E-state index contributed by atoms with van der Waals surface area (Å²) in [6.45, 7) is 7.78. The van der Waals surface area contributed by atoms with Crippen LogP contribution < -0.4 is 10.6 Å². The van der Waals surface area contributed by atoms with E-state index in [1.807, 2.05) is 20.8 Å². The number of nitrogens with one attached hydrogen (secondary N) is 2. The molecule has 0 saturated carbocycles. The fraction of sp³-hybridized carbons (Fsp3) is 0.909. The quantitative estimate of drug-likeness (QED) is 0.522. The van der Waals surface area contributed by atoms with E-state index in [1.54, 1.807) is 0 Å². The Balaban J connectivity index is 3.69. The first-order chi connectivity index (χ1) is 7.08. The molecule has 0 aromatic heterocycles. The van der Waals surface area contributed by atoms with Gasteiger partial charge in [0.1, 0.15) is 0 Å². The summed E-state index contributed by atoms with van der Waals surface area (Å²) >= 11 is 0. The van der Waals surface area contributed by atoms with Gasteiger partial charge in [-0.2, -0.15) is 0 Å². The number of hydrogen-bond acceptors (Lipinski definition) is 3. The minimum Gasteiger partial charge on any atom is -0.388 e. The van der Waals surface area contributed by atoms with E-state index >= 15 is 0 Å². The average Bonchev–Trinajstić information content (AvgIpc) is 2.26. The van der Waals surface area contributed by atoms with Crippen LogP contribution in [0.4, 0.5) is 0 Å². The van der Waals surface area contributed by atoms with Crippen LogP contribution in [0.25, 0.3) is 0 Å². The Morgan fingerprint density at radius 3 is 2.33 bits per heavy atom. The molecule has 0 atom stereocenters. The van der Waals surface area contributed by atoms with E-state index in [0.717, 1.165) is 6.54 Å². The fourth-order valence-corrected chi connectivity index (χ4v) is 1.23. The van der Waals surface area contributed by atoms with Gasteiger partial charge in [-0.15, -0.1) is 0 Å². The van der Waals surface area contributed by atoms with Crippen molar-refractivity contribution in [1.82, 2.24) is 10.6 Å². The molecule has 0 aromatic rings. The number of hydrogen-bond donors (Lipinski definition) is 3. The van der Waals surface area contributed by atoms with Crippen molar-refractivity contribution in [1.29, 1.82) is 0 Å². The molecule has 0 saturated heterocycles. The standard InChI is InChI=1S/C11H24N2O2/c1-4-11(15,5-2)9-13-10(14)7-8-12-6-3/h12,15H,4-9H2,1-3H3,(H,13,14). The zero-order valence-corrected chi connectivity index (χ0v) is 10.1. The molecule has 0 aliphatic rings. The third-order valence-electron chi connectivity index (χ3n) is 2.71. The lowest BCUT2D eigenvalue weighted by molar-refractivity contribution is -0.122.